The second-order valence-corrected chi connectivity index (χ2v) is 2.00. The van der Waals surface area contributed by atoms with Crippen LogP contribution in [0, 0.1) is 0 Å². The van der Waals surface area contributed by atoms with Crippen molar-refractivity contribution in [2.75, 3.05) is 0 Å². The summed E-state index contributed by atoms with van der Waals surface area (Å²) in [6.07, 6.45) is 1.70. The molecule has 1 rings (SSSR count). The quantitative estimate of drug-likeness (QED) is 0.541. The van der Waals surface area contributed by atoms with Crippen LogP contribution in [0.2, 0.25) is 0 Å². The molecule has 1 saturated heterocycles. The van der Waals surface area contributed by atoms with Crippen LogP contribution in [0.1, 0.15) is 12.8 Å². The Morgan fingerprint density at radius 3 is 2.78 bits per heavy atom. The number of aliphatic hydroxyl groups is 1. The van der Waals surface area contributed by atoms with E-state index in [9.17, 15) is 4.79 Å². The first-order valence-electron chi connectivity index (χ1n) is 2.87. The minimum absolute atomic E-state index is 0.0440. The Bertz CT molecular complexity index is 144. The number of hydrogen-bond donors (Lipinski definition) is 1. The van der Waals surface area contributed by atoms with Gasteiger partial charge in [-0.05, 0) is 0 Å². The van der Waals surface area contributed by atoms with Crippen molar-refractivity contribution in [2.45, 2.75) is 19.1 Å². The zero-order chi connectivity index (χ0) is 6.85. The number of likely N-dealkylation sites (tertiary alicyclic amines) is 1. The summed E-state index contributed by atoms with van der Waals surface area (Å²) in [6, 6.07) is 0. The summed E-state index contributed by atoms with van der Waals surface area (Å²) in [5.41, 5.74) is 0. The predicted octanol–water partition coefficient (Wildman–Crippen LogP) is 0.0707. The fourth-order valence-corrected chi connectivity index (χ4v) is 0.910. The lowest BCUT2D eigenvalue weighted by Gasteiger charge is -2.13. The summed E-state index contributed by atoms with van der Waals surface area (Å²) in [5.74, 6) is -0.0440. The fraction of sp³-hybridized carbons (Fsp3) is 0.500. The first-order valence-corrected chi connectivity index (χ1v) is 2.87. The Kier molecular flexibility index (Phi) is 1.53. The van der Waals surface area contributed by atoms with Gasteiger partial charge in [0.05, 0.1) is 0 Å². The number of carbonyl (C=O) groups excluding carboxylic acids is 1. The van der Waals surface area contributed by atoms with Crippen molar-refractivity contribution in [3.63, 3.8) is 0 Å². The minimum atomic E-state index is -0.630. The normalized spacial score (nSPS) is 27.0. The molecule has 0 radical (unpaired) electrons. The van der Waals surface area contributed by atoms with Gasteiger partial charge in [-0.25, -0.2) is 0 Å². The Morgan fingerprint density at radius 1 is 1.89 bits per heavy atom. The molecule has 1 amide bonds. The van der Waals surface area contributed by atoms with Gasteiger partial charge < -0.3 is 5.11 Å². The number of carbonyl (C=O) groups is 1. The average molecular weight is 127 g/mol. The molecule has 3 heteroatoms. The second kappa shape index (κ2) is 2.19. The van der Waals surface area contributed by atoms with Gasteiger partial charge in [0, 0.05) is 19.0 Å². The highest BCUT2D eigenvalue weighted by molar-refractivity contribution is 5.79. The molecule has 3 nitrogen and oxygen atoms in total. The van der Waals surface area contributed by atoms with E-state index >= 15 is 0 Å². The lowest BCUT2D eigenvalue weighted by molar-refractivity contribution is -0.129. The largest absolute Gasteiger partial charge is 0.373 e. The van der Waals surface area contributed by atoms with Crippen LogP contribution >= 0.6 is 0 Å². The van der Waals surface area contributed by atoms with Crippen LogP contribution in [0.25, 0.3) is 0 Å². The van der Waals surface area contributed by atoms with Crippen molar-refractivity contribution in [1.82, 2.24) is 4.90 Å². The summed E-state index contributed by atoms with van der Waals surface area (Å²) in [6.45, 7) is 3.39. The number of rotatable bonds is 1. The third kappa shape index (κ3) is 0.954. The van der Waals surface area contributed by atoms with E-state index in [0.717, 1.165) is 0 Å². The minimum Gasteiger partial charge on any atom is -0.373 e. The van der Waals surface area contributed by atoms with Crippen LogP contribution in [-0.2, 0) is 4.79 Å². The average Bonchev–Trinajstić information content (AvgIpc) is 2.12. The Morgan fingerprint density at radius 2 is 2.56 bits per heavy atom. The van der Waals surface area contributed by atoms with E-state index < -0.39 is 6.23 Å². The van der Waals surface area contributed by atoms with Crippen LogP contribution in [0.4, 0.5) is 0 Å². The molecule has 1 atom stereocenters. The van der Waals surface area contributed by atoms with Gasteiger partial charge in [-0.15, -0.1) is 0 Å². The van der Waals surface area contributed by atoms with Crippen LogP contribution in [-0.4, -0.2) is 22.1 Å². The van der Waals surface area contributed by atoms with Gasteiger partial charge in [0.15, 0.2) is 0 Å². The van der Waals surface area contributed by atoms with E-state index in [2.05, 4.69) is 6.58 Å². The van der Waals surface area contributed by atoms with Crippen molar-refractivity contribution < 1.29 is 9.90 Å². The maximum absolute atomic E-state index is 10.7. The van der Waals surface area contributed by atoms with Gasteiger partial charge in [0.2, 0.25) is 5.91 Å². The third-order valence-corrected chi connectivity index (χ3v) is 1.42. The summed E-state index contributed by atoms with van der Waals surface area (Å²) in [4.78, 5) is 12.0. The van der Waals surface area contributed by atoms with Crippen LogP contribution in [0.3, 0.4) is 0 Å². The van der Waals surface area contributed by atoms with Crippen LogP contribution < -0.4 is 0 Å². The zero-order valence-corrected chi connectivity index (χ0v) is 5.08. The van der Waals surface area contributed by atoms with Crippen molar-refractivity contribution >= 4 is 5.91 Å². The predicted molar refractivity (Wildman–Crippen MR) is 32.3 cm³/mol. The number of aliphatic hydroxyl groups excluding tert-OH is 1. The number of amides is 1. The maximum atomic E-state index is 10.7. The molecule has 0 aromatic rings. The molecule has 0 aliphatic carbocycles. The molecule has 0 spiro atoms. The zero-order valence-electron chi connectivity index (χ0n) is 5.08. The van der Waals surface area contributed by atoms with E-state index in [1.807, 2.05) is 0 Å². The SMILES string of the molecule is C=CN1C(=O)CCC1O. The van der Waals surface area contributed by atoms with E-state index in [4.69, 9.17) is 5.11 Å². The fourth-order valence-electron chi connectivity index (χ4n) is 0.910. The lowest BCUT2D eigenvalue weighted by Crippen LogP contribution is -2.26. The Labute approximate surface area is 53.6 Å². The highest BCUT2D eigenvalue weighted by Crippen LogP contribution is 2.15. The summed E-state index contributed by atoms with van der Waals surface area (Å²) in [5, 5.41) is 8.99. The van der Waals surface area contributed by atoms with Gasteiger partial charge in [0.25, 0.3) is 0 Å². The molecule has 0 bridgehead atoms. The van der Waals surface area contributed by atoms with Gasteiger partial charge in [-0.3, -0.25) is 9.69 Å². The third-order valence-electron chi connectivity index (χ3n) is 1.42. The Hall–Kier alpha value is -0.830. The van der Waals surface area contributed by atoms with Crippen molar-refractivity contribution in [3.05, 3.63) is 12.8 Å². The maximum Gasteiger partial charge on any atom is 0.228 e. The molecule has 1 aliphatic heterocycles. The van der Waals surface area contributed by atoms with Gasteiger partial charge in [0.1, 0.15) is 6.23 Å². The van der Waals surface area contributed by atoms with Gasteiger partial charge >= 0.3 is 0 Å². The first-order chi connectivity index (χ1) is 4.25. The monoisotopic (exact) mass is 127 g/mol. The van der Waals surface area contributed by atoms with E-state index in [-0.39, 0.29) is 5.91 Å². The van der Waals surface area contributed by atoms with E-state index in [1.165, 1.54) is 11.1 Å². The summed E-state index contributed by atoms with van der Waals surface area (Å²) < 4.78 is 0. The van der Waals surface area contributed by atoms with Crippen molar-refractivity contribution in [2.24, 2.45) is 0 Å². The van der Waals surface area contributed by atoms with Gasteiger partial charge in [-0.2, -0.15) is 0 Å². The molecule has 0 aromatic heterocycles. The second-order valence-electron chi connectivity index (χ2n) is 2.00. The smallest absolute Gasteiger partial charge is 0.228 e. The standard InChI is InChI=1S/C6H9NO2/c1-2-7-5(8)3-4-6(7)9/h2,5,8H,1,3-4H2. The van der Waals surface area contributed by atoms with E-state index in [0.29, 0.717) is 12.8 Å². The van der Waals surface area contributed by atoms with E-state index in [1.54, 1.807) is 0 Å². The first kappa shape index (κ1) is 6.29. The molecule has 0 aromatic carbocycles. The summed E-state index contributed by atoms with van der Waals surface area (Å²) >= 11 is 0. The molecule has 1 fully saturated rings. The molecule has 1 heterocycles. The molecule has 1 unspecified atom stereocenters. The Balaban J connectivity index is 2.65. The summed E-state index contributed by atoms with van der Waals surface area (Å²) in [7, 11) is 0. The van der Waals surface area contributed by atoms with Crippen LogP contribution in [0.15, 0.2) is 12.8 Å². The lowest BCUT2D eigenvalue weighted by atomic mass is 10.4. The highest BCUT2D eigenvalue weighted by atomic mass is 16.3. The molecule has 9 heavy (non-hydrogen) atoms. The topological polar surface area (TPSA) is 40.5 Å². The number of nitrogens with zero attached hydrogens (tertiary/aromatic N) is 1. The molecule has 1 N–H and O–H groups in total. The molecule has 1 aliphatic rings. The molecular weight excluding hydrogens is 118 g/mol. The molecule has 0 saturated carbocycles. The van der Waals surface area contributed by atoms with Crippen molar-refractivity contribution in [3.8, 4) is 0 Å². The van der Waals surface area contributed by atoms with Crippen LogP contribution in [0.5, 0.6) is 0 Å². The molecule has 50 valence electrons. The molecular formula is C6H9NO2. The van der Waals surface area contributed by atoms with Crippen molar-refractivity contribution in [1.29, 1.82) is 0 Å². The number of hydrogen-bond acceptors (Lipinski definition) is 2. The highest BCUT2D eigenvalue weighted by Gasteiger charge is 2.26. The van der Waals surface area contributed by atoms with Gasteiger partial charge in [-0.1, -0.05) is 6.58 Å².